The molecule has 17 heavy (non-hydrogen) atoms. The van der Waals surface area contributed by atoms with Gasteiger partial charge in [-0.15, -0.1) is 0 Å². The summed E-state index contributed by atoms with van der Waals surface area (Å²) in [6, 6.07) is 2.17. The molecular weight excluding hydrogens is 238 g/mol. The largest absolute Gasteiger partial charge is 0.396 e. The van der Waals surface area contributed by atoms with Gasteiger partial charge in [-0.3, -0.25) is 0 Å². The van der Waals surface area contributed by atoms with Crippen molar-refractivity contribution in [3.05, 3.63) is 0 Å². The van der Waals surface area contributed by atoms with Crippen LogP contribution >= 0.6 is 0 Å². The summed E-state index contributed by atoms with van der Waals surface area (Å²) in [5.74, 6) is 0.113. The molecule has 0 bridgehead atoms. The van der Waals surface area contributed by atoms with Gasteiger partial charge in [0.1, 0.15) is 0 Å². The zero-order valence-corrected chi connectivity index (χ0v) is 11.0. The number of hydrogen-bond donors (Lipinski definition) is 1. The summed E-state index contributed by atoms with van der Waals surface area (Å²) in [5.41, 5.74) is -0.579. The van der Waals surface area contributed by atoms with Crippen LogP contribution in [0.2, 0.25) is 0 Å². The van der Waals surface area contributed by atoms with Crippen molar-refractivity contribution in [2.45, 2.75) is 44.9 Å². The van der Waals surface area contributed by atoms with E-state index >= 15 is 0 Å². The molecule has 0 aromatic heterocycles. The van der Waals surface area contributed by atoms with Crippen LogP contribution in [0.1, 0.15) is 44.9 Å². The summed E-state index contributed by atoms with van der Waals surface area (Å²) >= 11 is 0. The van der Waals surface area contributed by atoms with Gasteiger partial charge < -0.3 is 5.11 Å². The van der Waals surface area contributed by atoms with Crippen molar-refractivity contribution in [3.63, 3.8) is 0 Å². The number of sulfone groups is 1. The number of hydrogen-bond acceptors (Lipinski definition) is 4. The second-order valence-electron chi connectivity index (χ2n) is 5.02. The van der Waals surface area contributed by atoms with E-state index in [9.17, 15) is 8.42 Å². The fraction of sp³-hybridized carbons (Fsp3) is 0.917. The molecule has 0 atom stereocenters. The lowest BCUT2D eigenvalue weighted by molar-refractivity contribution is 0.282. The molecule has 0 amide bonds. The predicted octanol–water partition coefficient (Wildman–Crippen LogP) is 1.65. The van der Waals surface area contributed by atoms with Gasteiger partial charge in [-0.2, -0.15) is 5.26 Å². The highest BCUT2D eigenvalue weighted by molar-refractivity contribution is 7.92. The number of aliphatic hydroxyl groups excluding tert-OH is 1. The molecule has 1 rings (SSSR count). The predicted molar refractivity (Wildman–Crippen MR) is 66.1 cm³/mol. The molecule has 1 N–H and O–H groups in total. The average Bonchev–Trinajstić information content (AvgIpc) is 2.25. The highest BCUT2D eigenvalue weighted by atomic mass is 32.2. The molecule has 0 aromatic carbocycles. The van der Waals surface area contributed by atoms with Crippen LogP contribution in [0.4, 0.5) is 0 Å². The lowest BCUT2D eigenvalue weighted by Crippen LogP contribution is -2.47. The van der Waals surface area contributed by atoms with E-state index in [1.807, 2.05) is 0 Å². The maximum Gasteiger partial charge on any atom is 0.153 e. The Morgan fingerprint density at radius 3 is 2.06 bits per heavy atom. The summed E-state index contributed by atoms with van der Waals surface area (Å²) in [4.78, 5) is 0. The van der Waals surface area contributed by atoms with Crippen LogP contribution in [0.3, 0.4) is 0 Å². The van der Waals surface area contributed by atoms with E-state index in [0.717, 1.165) is 38.5 Å². The van der Waals surface area contributed by atoms with Crippen LogP contribution in [0.25, 0.3) is 0 Å². The fourth-order valence-corrected chi connectivity index (χ4v) is 4.36. The molecule has 1 fully saturated rings. The number of nitrogens with zero attached hydrogens (tertiary/aromatic N) is 1. The first-order valence-electron chi connectivity index (χ1n) is 6.26. The highest BCUT2D eigenvalue weighted by Gasteiger charge is 2.48. The Morgan fingerprint density at radius 1 is 1.06 bits per heavy atom. The van der Waals surface area contributed by atoms with Crippen LogP contribution in [0, 0.1) is 16.7 Å². The Bertz CT molecular complexity index is 358. The van der Waals surface area contributed by atoms with Crippen molar-refractivity contribution in [3.8, 4) is 6.07 Å². The summed E-state index contributed by atoms with van der Waals surface area (Å²) in [5, 5.41) is 17.6. The number of aliphatic hydroxyl groups is 1. The van der Waals surface area contributed by atoms with Crippen molar-refractivity contribution in [1.82, 2.24) is 0 Å². The minimum atomic E-state index is -2.91. The Balaban J connectivity index is 2.09. The molecule has 1 aliphatic heterocycles. The lowest BCUT2D eigenvalue weighted by Gasteiger charge is -2.34. The maximum absolute atomic E-state index is 11.1. The first-order valence-corrected chi connectivity index (χ1v) is 8.08. The number of unbranched alkanes of at least 4 members (excludes halogenated alkanes) is 5. The normalized spacial score (nSPS) is 20.5. The molecule has 0 spiro atoms. The molecule has 0 radical (unpaired) electrons. The molecule has 98 valence electrons. The topological polar surface area (TPSA) is 78.2 Å². The summed E-state index contributed by atoms with van der Waals surface area (Å²) in [6.07, 6.45) is 6.82. The van der Waals surface area contributed by atoms with E-state index in [1.165, 1.54) is 0 Å². The van der Waals surface area contributed by atoms with E-state index in [4.69, 9.17) is 10.4 Å². The number of rotatable bonds is 8. The second-order valence-corrected chi connectivity index (χ2v) is 7.08. The third-order valence-corrected chi connectivity index (χ3v) is 5.28. The molecule has 4 nitrogen and oxygen atoms in total. The molecule has 1 saturated heterocycles. The van der Waals surface area contributed by atoms with Crippen molar-refractivity contribution < 1.29 is 13.5 Å². The smallest absolute Gasteiger partial charge is 0.153 e. The Hall–Kier alpha value is -0.600. The summed E-state index contributed by atoms with van der Waals surface area (Å²) < 4.78 is 22.2. The van der Waals surface area contributed by atoms with Crippen LogP contribution in [-0.4, -0.2) is 31.6 Å². The fourth-order valence-electron chi connectivity index (χ4n) is 2.35. The minimum absolute atomic E-state index is 0.0566. The molecule has 1 aliphatic rings. The molecule has 0 aliphatic carbocycles. The van der Waals surface area contributed by atoms with E-state index in [0.29, 0.717) is 6.42 Å². The van der Waals surface area contributed by atoms with Gasteiger partial charge in [-0.05, 0) is 12.8 Å². The molecule has 5 heteroatoms. The van der Waals surface area contributed by atoms with Crippen LogP contribution in [-0.2, 0) is 9.84 Å². The first-order chi connectivity index (χ1) is 8.04. The van der Waals surface area contributed by atoms with Crippen LogP contribution < -0.4 is 0 Å². The molecule has 1 heterocycles. The van der Waals surface area contributed by atoms with Gasteiger partial charge in [0.2, 0.25) is 0 Å². The monoisotopic (exact) mass is 259 g/mol. The van der Waals surface area contributed by atoms with Crippen molar-refractivity contribution in [2.75, 3.05) is 18.1 Å². The quantitative estimate of drug-likeness (QED) is 0.672. The van der Waals surface area contributed by atoms with Gasteiger partial charge in [0.05, 0.1) is 23.0 Å². The molecular formula is C12H21NO3S. The van der Waals surface area contributed by atoms with Crippen LogP contribution in [0.15, 0.2) is 0 Å². The van der Waals surface area contributed by atoms with E-state index in [-0.39, 0.29) is 18.1 Å². The van der Waals surface area contributed by atoms with E-state index < -0.39 is 15.3 Å². The third-order valence-electron chi connectivity index (χ3n) is 3.29. The van der Waals surface area contributed by atoms with Gasteiger partial charge in [0.25, 0.3) is 0 Å². The maximum atomic E-state index is 11.1. The van der Waals surface area contributed by atoms with Crippen molar-refractivity contribution >= 4 is 9.84 Å². The first kappa shape index (κ1) is 14.5. The zero-order chi connectivity index (χ0) is 12.8. The van der Waals surface area contributed by atoms with Gasteiger partial charge in [0.15, 0.2) is 9.84 Å². The second kappa shape index (κ2) is 6.36. The van der Waals surface area contributed by atoms with Gasteiger partial charge in [0, 0.05) is 6.61 Å². The Labute approximate surface area is 104 Å². The summed E-state index contributed by atoms with van der Waals surface area (Å²) in [6.45, 7) is 0.259. The molecule has 0 aromatic rings. The highest BCUT2D eigenvalue weighted by Crippen LogP contribution is 2.37. The summed E-state index contributed by atoms with van der Waals surface area (Å²) in [7, 11) is -2.91. The molecule has 0 unspecified atom stereocenters. The van der Waals surface area contributed by atoms with Gasteiger partial charge in [-0.25, -0.2) is 8.42 Å². The molecule has 0 saturated carbocycles. The van der Waals surface area contributed by atoms with Crippen LogP contribution in [0.5, 0.6) is 0 Å². The Kier molecular flexibility index (Phi) is 5.41. The van der Waals surface area contributed by atoms with Crippen molar-refractivity contribution in [1.29, 1.82) is 5.26 Å². The van der Waals surface area contributed by atoms with Gasteiger partial charge >= 0.3 is 0 Å². The van der Waals surface area contributed by atoms with Crippen molar-refractivity contribution in [2.24, 2.45) is 5.41 Å². The number of nitriles is 1. The lowest BCUT2D eigenvalue weighted by atomic mass is 9.87. The SMILES string of the molecule is N#CC1(CCCCCCCCO)CS(=O)(=O)C1. The minimum Gasteiger partial charge on any atom is -0.396 e. The van der Waals surface area contributed by atoms with E-state index in [1.54, 1.807) is 0 Å². The van der Waals surface area contributed by atoms with Gasteiger partial charge in [-0.1, -0.05) is 32.1 Å². The Morgan fingerprint density at radius 2 is 1.59 bits per heavy atom. The standard InChI is InChI=1S/C12H21NO3S/c13-9-12(10-17(15,16)11-12)7-5-3-1-2-4-6-8-14/h14H,1-8,10-11H2. The average molecular weight is 259 g/mol. The van der Waals surface area contributed by atoms with E-state index in [2.05, 4.69) is 6.07 Å². The third kappa shape index (κ3) is 4.64. The zero-order valence-electron chi connectivity index (χ0n) is 10.2.